The maximum absolute atomic E-state index is 13.2. The summed E-state index contributed by atoms with van der Waals surface area (Å²) in [5.74, 6) is -0.361. The van der Waals surface area contributed by atoms with E-state index in [4.69, 9.17) is 16.3 Å². The molecule has 0 saturated carbocycles. The molecule has 0 aromatic heterocycles. The minimum atomic E-state index is -0.669. The molecule has 2 aromatic carbocycles. The number of ether oxygens (including phenoxy) is 1. The van der Waals surface area contributed by atoms with E-state index in [1.807, 2.05) is 46.8 Å². The Balaban J connectivity index is 2.42. The molecular formula is C21H25ClN2O3. The second kappa shape index (κ2) is 8.01. The van der Waals surface area contributed by atoms with Crippen molar-refractivity contribution in [3.63, 3.8) is 0 Å². The highest BCUT2D eigenvalue weighted by Crippen LogP contribution is 2.26. The third-order valence-corrected chi connectivity index (χ3v) is 4.56. The predicted octanol–water partition coefficient (Wildman–Crippen LogP) is 4.55. The average Bonchev–Trinajstić information content (AvgIpc) is 2.60. The van der Waals surface area contributed by atoms with Crippen molar-refractivity contribution in [2.24, 2.45) is 0 Å². The standard InChI is InChI=1S/C21H25ClN2O3/c1-13-8-7-9-16(14(13)2)19(25)23-24(21(3,4)5)20(26)17-12-15(22)10-11-18(17)27-6/h7-12H,1-6H3,(H,23,25). The highest BCUT2D eigenvalue weighted by atomic mass is 35.5. The number of nitrogens with zero attached hydrogens (tertiary/aromatic N) is 1. The highest BCUT2D eigenvalue weighted by molar-refractivity contribution is 6.31. The molecule has 0 unspecified atom stereocenters. The Morgan fingerprint density at radius 2 is 1.74 bits per heavy atom. The van der Waals surface area contributed by atoms with Gasteiger partial charge in [-0.25, -0.2) is 5.01 Å². The van der Waals surface area contributed by atoms with E-state index in [9.17, 15) is 9.59 Å². The van der Waals surface area contributed by atoms with Gasteiger partial charge in [0.2, 0.25) is 0 Å². The van der Waals surface area contributed by atoms with Gasteiger partial charge in [0.25, 0.3) is 11.8 Å². The number of rotatable bonds is 3. The van der Waals surface area contributed by atoms with Crippen molar-refractivity contribution >= 4 is 23.4 Å². The van der Waals surface area contributed by atoms with E-state index in [0.29, 0.717) is 16.3 Å². The molecule has 144 valence electrons. The van der Waals surface area contributed by atoms with Crippen LogP contribution in [0.5, 0.6) is 5.75 Å². The lowest BCUT2D eigenvalue weighted by atomic mass is 10.0. The van der Waals surface area contributed by atoms with Gasteiger partial charge in [-0.2, -0.15) is 0 Å². The second-order valence-corrected chi connectivity index (χ2v) is 7.78. The predicted molar refractivity (Wildman–Crippen MR) is 107 cm³/mol. The third-order valence-electron chi connectivity index (χ3n) is 4.33. The summed E-state index contributed by atoms with van der Waals surface area (Å²) in [6.45, 7) is 9.34. The van der Waals surface area contributed by atoms with Gasteiger partial charge in [0.05, 0.1) is 18.2 Å². The molecule has 0 aliphatic rings. The van der Waals surface area contributed by atoms with Crippen molar-refractivity contribution in [3.05, 3.63) is 63.7 Å². The van der Waals surface area contributed by atoms with Crippen LogP contribution in [0.15, 0.2) is 36.4 Å². The molecule has 0 aliphatic carbocycles. The topological polar surface area (TPSA) is 58.6 Å². The largest absolute Gasteiger partial charge is 0.496 e. The number of hydrogen-bond donors (Lipinski definition) is 1. The van der Waals surface area contributed by atoms with Gasteiger partial charge in [0.15, 0.2) is 0 Å². The Morgan fingerprint density at radius 1 is 1.07 bits per heavy atom. The number of aryl methyl sites for hydroxylation is 1. The van der Waals surface area contributed by atoms with Crippen LogP contribution in [0.25, 0.3) is 0 Å². The van der Waals surface area contributed by atoms with E-state index in [2.05, 4.69) is 5.43 Å². The van der Waals surface area contributed by atoms with E-state index in [1.54, 1.807) is 18.2 Å². The molecule has 2 rings (SSSR count). The Bertz CT molecular complexity index is 872. The summed E-state index contributed by atoms with van der Waals surface area (Å²) >= 11 is 6.06. The molecule has 6 heteroatoms. The summed E-state index contributed by atoms with van der Waals surface area (Å²) in [5.41, 5.74) is 4.77. The number of hydrazine groups is 1. The first-order chi connectivity index (χ1) is 12.6. The van der Waals surface area contributed by atoms with Crippen LogP contribution in [0, 0.1) is 13.8 Å². The van der Waals surface area contributed by atoms with Crippen molar-refractivity contribution in [2.75, 3.05) is 7.11 Å². The van der Waals surface area contributed by atoms with Gasteiger partial charge >= 0.3 is 0 Å². The number of halogens is 1. The summed E-state index contributed by atoms with van der Waals surface area (Å²) in [4.78, 5) is 26.1. The molecule has 2 amide bonds. The molecule has 0 atom stereocenters. The summed E-state index contributed by atoms with van der Waals surface area (Å²) in [6, 6.07) is 10.3. The molecule has 1 N–H and O–H groups in total. The van der Waals surface area contributed by atoms with Gasteiger partial charge in [-0.15, -0.1) is 0 Å². The van der Waals surface area contributed by atoms with Crippen LogP contribution in [-0.4, -0.2) is 29.5 Å². The molecule has 0 radical (unpaired) electrons. The van der Waals surface area contributed by atoms with Crippen LogP contribution in [0.2, 0.25) is 5.02 Å². The number of nitrogens with one attached hydrogen (secondary N) is 1. The Kier molecular flexibility index (Phi) is 6.16. The van der Waals surface area contributed by atoms with Crippen LogP contribution < -0.4 is 10.2 Å². The molecule has 5 nitrogen and oxygen atoms in total. The number of amides is 2. The fourth-order valence-electron chi connectivity index (χ4n) is 2.65. The van der Waals surface area contributed by atoms with Gasteiger partial charge in [0, 0.05) is 10.6 Å². The lowest BCUT2D eigenvalue weighted by molar-refractivity contribution is 0.0355. The number of carbonyl (C=O) groups is 2. The van der Waals surface area contributed by atoms with E-state index in [1.165, 1.54) is 18.2 Å². The Morgan fingerprint density at radius 3 is 2.33 bits per heavy atom. The van der Waals surface area contributed by atoms with E-state index in [-0.39, 0.29) is 11.5 Å². The lowest BCUT2D eigenvalue weighted by Gasteiger charge is -2.36. The molecular weight excluding hydrogens is 364 g/mol. The summed E-state index contributed by atoms with van der Waals surface area (Å²) in [7, 11) is 1.48. The molecule has 0 heterocycles. The number of methoxy groups -OCH3 is 1. The zero-order valence-corrected chi connectivity index (χ0v) is 17.3. The lowest BCUT2D eigenvalue weighted by Crippen LogP contribution is -2.56. The van der Waals surface area contributed by atoms with E-state index < -0.39 is 11.4 Å². The van der Waals surface area contributed by atoms with Crippen molar-refractivity contribution in [2.45, 2.75) is 40.2 Å². The van der Waals surface area contributed by atoms with Crippen LogP contribution in [-0.2, 0) is 0 Å². The number of carbonyl (C=O) groups excluding carboxylic acids is 2. The van der Waals surface area contributed by atoms with Crippen LogP contribution >= 0.6 is 11.6 Å². The van der Waals surface area contributed by atoms with Gasteiger partial charge < -0.3 is 4.74 Å². The van der Waals surface area contributed by atoms with E-state index in [0.717, 1.165) is 11.1 Å². The van der Waals surface area contributed by atoms with Gasteiger partial charge in [-0.1, -0.05) is 23.7 Å². The minimum Gasteiger partial charge on any atom is -0.496 e. The summed E-state index contributed by atoms with van der Waals surface area (Å²) in [6.07, 6.45) is 0. The minimum absolute atomic E-state index is 0.279. The van der Waals surface area contributed by atoms with Crippen molar-refractivity contribution in [1.29, 1.82) is 0 Å². The first kappa shape index (κ1) is 20.8. The Hall–Kier alpha value is -2.53. The van der Waals surface area contributed by atoms with Gasteiger partial charge in [-0.05, 0) is 70.0 Å². The van der Waals surface area contributed by atoms with Gasteiger partial charge in [0.1, 0.15) is 5.75 Å². The quantitative estimate of drug-likeness (QED) is 0.784. The highest BCUT2D eigenvalue weighted by Gasteiger charge is 2.31. The monoisotopic (exact) mass is 388 g/mol. The Labute approximate surface area is 165 Å². The smallest absolute Gasteiger partial charge is 0.276 e. The second-order valence-electron chi connectivity index (χ2n) is 7.34. The molecule has 0 saturated heterocycles. The van der Waals surface area contributed by atoms with Crippen molar-refractivity contribution < 1.29 is 14.3 Å². The molecule has 2 aromatic rings. The maximum Gasteiger partial charge on any atom is 0.276 e. The first-order valence-electron chi connectivity index (χ1n) is 8.61. The van der Waals surface area contributed by atoms with Crippen molar-refractivity contribution in [1.82, 2.24) is 10.4 Å². The fraction of sp³-hybridized carbons (Fsp3) is 0.333. The molecule has 0 spiro atoms. The zero-order valence-electron chi connectivity index (χ0n) is 16.5. The van der Waals surface area contributed by atoms with Crippen LogP contribution in [0.3, 0.4) is 0 Å². The first-order valence-corrected chi connectivity index (χ1v) is 8.99. The van der Waals surface area contributed by atoms with Gasteiger partial charge in [-0.3, -0.25) is 15.0 Å². The number of hydrogen-bond acceptors (Lipinski definition) is 3. The molecule has 0 bridgehead atoms. The number of benzene rings is 2. The molecule has 0 aliphatic heterocycles. The average molecular weight is 389 g/mol. The third kappa shape index (κ3) is 4.61. The summed E-state index contributed by atoms with van der Waals surface area (Å²) < 4.78 is 5.29. The zero-order chi connectivity index (χ0) is 20.4. The normalized spacial score (nSPS) is 11.1. The van der Waals surface area contributed by atoms with Crippen LogP contribution in [0.4, 0.5) is 0 Å². The molecule has 0 fully saturated rings. The van der Waals surface area contributed by atoms with Crippen molar-refractivity contribution in [3.8, 4) is 5.75 Å². The fourth-order valence-corrected chi connectivity index (χ4v) is 2.82. The summed E-state index contributed by atoms with van der Waals surface area (Å²) in [5, 5.41) is 1.72. The SMILES string of the molecule is COc1ccc(Cl)cc1C(=O)N(NC(=O)c1cccc(C)c1C)C(C)(C)C. The van der Waals surface area contributed by atoms with E-state index >= 15 is 0 Å². The molecule has 27 heavy (non-hydrogen) atoms. The maximum atomic E-state index is 13.2. The van der Waals surface area contributed by atoms with Crippen LogP contribution in [0.1, 0.15) is 52.6 Å².